The van der Waals surface area contributed by atoms with Crippen molar-refractivity contribution in [2.45, 2.75) is 0 Å². The van der Waals surface area contributed by atoms with Crippen LogP contribution in [-0.2, 0) is 0 Å². The van der Waals surface area contributed by atoms with E-state index in [0.29, 0.717) is 27.0 Å². The SMILES string of the molecule is Nc1ccccc1C(=O)Nc1c(Cl)cccc1Cl. The summed E-state index contributed by atoms with van der Waals surface area (Å²) in [6, 6.07) is 11.8. The molecular formula is C13H10Cl2N2O. The van der Waals surface area contributed by atoms with Gasteiger partial charge < -0.3 is 11.1 Å². The number of nitrogens with one attached hydrogen (secondary N) is 1. The monoisotopic (exact) mass is 280 g/mol. The Morgan fingerprint density at radius 3 is 2.22 bits per heavy atom. The summed E-state index contributed by atoms with van der Waals surface area (Å²) in [6.45, 7) is 0. The summed E-state index contributed by atoms with van der Waals surface area (Å²) in [4.78, 5) is 12.0. The van der Waals surface area contributed by atoms with E-state index in [-0.39, 0.29) is 5.91 Å². The second-order valence-electron chi connectivity index (χ2n) is 3.64. The lowest BCUT2D eigenvalue weighted by molar-refractivity contribution is 0.102. The number of amides is 1. The fourth-order valence-electron chi connectivity index (χ4n) is 1.50. The maximum absolute atomic E-state index is 12.0. The van der Waals surface area contributed by atoms with Crippen molar-refractivity contribution in [2.24, 2.45) is 0 Å². The van der Waals surface area contributed by atoms with E-state index in [1.165, 1.54) is 0 Å². The minimum absolute atomic E-state index is 0.344. The second kappa shape index (κ2) is 5.29. The van der Waals surface area contributed by atoms with Crippen molar-refractivity contribution in [1.29, 1.82) is 0 Å². The summed E-state index contributed by atoms with van der Waals surface area (Å²) in [5.74, 6) is -0.344. The van der Waals surface area contributed by atoms with E-state index < -0.39 is 0 Å². The molecule has 0 saturated heterocycles. The number of carbonyl (C=O) groups excluding carboxylic acids is 1. The number of nitrogen functional groups attached to an aromatic ring is 1. The number of nitrogens with two attached hydrogens (primary N) is 1. The Morgan fingerprint density at radius 2 is 1.61 bits per heavy atom. The lowest BCUT2D eigenvalue weighted by atomic mass is 10.1. The molecule has 0 aliphatic carbocycles. The fourth-order valence-corrected chi connectivity index (χ4v) is 1.99. The van der Waals surface area contributed by atoms with Crippen LogP contribution in [-0.4, -0.2) is 5.91 Å². The summed E-state index contributed by atoms with van der Waals surface area (Å²) >= 11 is 11.9. The van der Waals surface area contributed by atoms with Crippen LogP contribution in [0.15, 0.2) is 42.5 Å². The van der Waals surface area contributed by atoms with Crippen LogP contribution in [0.2, 0.25) is 10.0 Å². The van der Waals surface area contributed by atoms with Gasteiger partial charge in [0.2, 0.25) is 0 Å². The van der Waals surface area contributed by atoms with E-state index in [9.17, 15) is 4.79 Å². The smallest absolute Gasteiger partial charge is 0.257 e. The Hall–Kier alpha value is -1.71. The van der Waals surface area contributed by atoms with Crippen molar-refractivity contribution < 1.29 is 4.79 Å². The molecule has 0 aliphatic heterocycles. The third kappa shape index (κ3) is 2.58. The number of benzene rings is 2. The lowest BCUT2D eigenvalue weighted by Crippen LogP contribution is -2.14. The van der Waals surface area contributed by atoms with Crippen LogP contribution in [0, 0.1) is 0 Å². The topological polar surface area (TPSA) is 55.1 Å². The van der Waals surface area contributed by atoms with Crippen molar-refractivity contribution in [3.63, 3.8) is 0 Å². The van der Waals surface area contributed by atoms with Gasteiger partial charge in [-0.15, -0.1) is 0 Å². The van der Waals surface area contributed by atoms with Crippen LogP contribution in [0.5, 0.6) is 0 Å². The first-order valence-electron chi connectivity index (χ1n) is 5.19. The Bertz CT molecular complexity index is 579. The van der Waals surface area contributed by atoms with Gasteiger partial charge in [-0.25, -0.2) is 0 Å². The highest BCUT2D eigenvalue weighted by Gasteiger charge is 2.13. The van der Waals surface area contributed by atoms with Crippen LogP contribution in [0.25, 0.3) is 0 Å². The van der Waals surface area contributed by atoms with Gasteiger partial charge in [0.25, 0.3) is 5.91 Å². The molecule has 0 spiro atoms. The first-order chi connectivity index (χ1) is 8.59. The van der Waals surface area contributed by atoms with Crippen molar-refractivity contribution in [3.05, 3.63) is 58.1 Å². The molecule has 18 heavy (non-hydrogen) atoms. The van der Waals surface area contributed by atoms with Gasteiger partial charge in [0, 0.05) is 5.69 Å². The van der Waals surface area contributed by atoms with E-state index in [4.69, 9.17) is 28.9 Å². The Balaban J connectivity index is 2.30. The second-order valence-corrected chi connectivity index (χ2v) is 4.45. The number of halogens is 2. The van der Waals surface area contributed by atoms with Gasteiger partial charge in [-0.05, 0) is 24.3 Å². The minimum Gasteiger partial charge on any atom is -0.398 e. The molecule has 0 aliphatic rings. The third-order valence-electron chi connectivity index (χ3n) is 2.41. The number of anilines is 2. The van der Waals surface area contributed by atoms with Crippen LogP contribution < -0.4 is 11.1 Å². The molecule has 5 heteroatoms. The van der Waals surface area contributed by atoms with Gasteiger partial charge in [-0.1, -0.05) is 41.4 Å². The standard InChI is InChI=1S/C13H10Cl2N2O/c14-9-5-3-6-10(15)12(9)17-13(18)8-4-1-2-7-11(8)16/h1-7H,16H2,(H,17,18). The zero-order valence-corrected chi connectivity index (χ0v) is 10.8. The highest BCUT2D eigenvalue weighted by atomic mass is 35.5. The number of rotatable bonds is 2. The van der Waals surface area contributed by atoms with Gasteiger partial charge in [-0.3, -0.25) is 4.79 Å². The number of para-hydroxylation sites is 2. The quantitative estimate of drug-likeness (QED) is 0.822. The molecule has 2 aromatic carbocycles. The average molecular weight is 281 g/mol. The molecule has 2 aromatic rings. The first kappa shape index (κ1) is 12.7. The zero-order chi connectivity index (χ0) is 13.1. The summed E-state index contributed by atoms with van der Waals surface area (Å²) in [7, 11) is 0. The molecule has 0 fully saturated rings. The van der Waals surface area contributed by atoms with Crippen LogP contribution in [0.4, 0.5) is 11.4 Å². The highest BCUT2D eigenvalue weighted by Crippen LogP contribution is 2.30. The number of hydrogen-bond acceptors (Lipinski definition) is 2. The van der Waals surface area contributed by atoms with Crippen LogP contribution in [0.3, 0.4) is 0 Å². The summed E-state index contributed by atoms with van der Waals surface area (Å²) in [6.07, 6.45) is 0. The molecule has 0 aromatic heterocycles. The first-order valence-corrected chi connectivity index (χ1v) is 5.95. The molecule has 0 radical (unpaired) electrons. The number of carbonyl (C=O) groups is 1. The van der Waals surface area contributed by atoms with Crippen molar-refractivity contribution in [2.75, 3.05) is 11.1 Å². The molecule has 2 rings (SSSR count). The molecule has 0 heterocycles. The summed E-state index contributed by atoms with van der Waals surface area (Å²) in [5.41, 5.74) is 6.89. The van der Waals surface area contributed by atoms with E-state index in [1.807, 2.05) is 0 Å². The predicted molar refractivity (Wildman–Crippen MR) is 75.3 cm³/mol. The Kier molecular flexibility index (Phi) is 3.75. The maximum atomic E-state index is 12.0. The van der Waals surface area contributed by atoms with Crippen molar-refractivity contribution in [1.82, 2.24) is 0 Å². The van der Waals surface area contributed by atoms with Gasteiger partial charge in [0.05, 0.1) is 21.3 Å². The van der Waals surface area contributed by atoms with E-state index in [1.54, 1.807) is 42.5 Å². The largest absolute Gasteiger partial charge is 0.398 e. The molecule has 0 unspecified atom stereocenters. The van der Waals surface area contributed by atoms with E-state index in [0.717, 1.165) is 0 Å². The van der Waals surface area contributed by atoms with Gasteiger partial charge in [0.1, 0.15) is 0 Å². The lowest BCUT2D eigenvalue weighted by Gasteiger charge is -2.10. The minimum atomic E-state index is -0.344. The fraction of sp³-hybridized carbons (Fsp3) is 0. The van der Waals surface area contributed by atoms with Crippen LogP contribution >= 0.6 is 23.2 Å². The summed E-state index contributed by atoms with van der Waals surface area (Å²) in [5, 5.41) is 3.41. The Morgan fingerprint density at radius 1 is 1.00 bits per heavy atom. The molecule has 0 saturated carbocycles. The van der Waals surface area contributed by atoms with E-state index in [2.05, 4.69) is 5.32 Å². The van der Waals surface area contributed by atoms with Gasteiger partial charge in [0.15, 0.2) is 0 Å². The highest BCUT2D eigenvalue weighted by molar-refractivity contribution is 6.40. The molecular weight excluding hydrogens is 271 g/mol. The van der Waals surface area contributed by atoms with Gasteiger partial charge in [-0.2, -0.15) is 0 Å². The Labute approximate surface area is 115 Å². The van der Waals surface area contributed by atoms with Crippen LogP contribution in [0.1, 0.15) is 10.4 Å². The third-order valence-corrected chi connectivity index (χ3v) is 3.04. The van der Waals surface area contributed by atoms with Crippen molar-refractivity contribution >= 4 is 40.5 Å². The van der Waals surface area contributed by atoms with Gasteiger partial charge >= 0.3 is 0 Å². The molecule has 3 nitrogen and oxygen atoms in total. The average Bonchev–Trinajstić information content (AvgIpc) is 2.34. The molecule has 0 bridgehead atoms. The number of hydrogen-bond donors (Lipinski definition) is 2. The normalized spacial score (nSPS) is 10.1. The van der Waals surface area contributed by atoms with E-state index >= 15 is 0 Å². The maximum Gasteiger partial charge on any atom is 0.257 e. The predicted octanol–water partition coefficient (Wildman–Crippen LogP) is 3.83. The molecule has 0 atom stereocenters. The molecule has 3 N–H and O–H groups in total. The molecule has 92 valence electrons. The van der Waals surface area contributed by atoms with Crippen molar-refractivity contribution in [3.8, 4) is 0 Å². The summed E-state index contributed by atoms with van der Waals surface area (Å²) < 4.78 is 0. The zero-order valence-electron chi connectivity index (χ0n) is 9.28. The molecule has 1 amide bonds.